The van der Waals surface area contributed by atoms with Gasteiger partial charge in [0, 0.05) is 18.3 Å². The molecule has 0 amide bonds. The molecular weight excluding hydrogens is 516 g/mol. The highest BCUT2D eigenvalue weighted by atomic mass is 79.9. The average molecular weight is 538 g/mol. The molecule has 1 fully saturated rings. The summed E-state index contributed by atoms with van der Waals surface area (Å²) in [5.74, 6) is -0.685. The molecule has 11 nitrogen and oxygen atoms in total. The highest BCUT2D eigenvalue weighted by molar-refractivity contribution is 9.10. The van der Waals surface area contributed by atoms with Crippen molar-refractivity contribution in [2.45, 2.75) is 32.0 Å². The maximum Gasteiger partial charge on any atom is 0.279 e. The van der Waals surface area contributed by atoms with E-state index in [0.717, 1.165) is 4.31 Å². The van der Waals surface area contributed by atoms with Gasteiger partial charge in [0.05, 0.1) is 17.6 Å². The second-order valence-electron chi connectivity index (χ2n) is 7.53. The van der Waals surface area contributed by atoms with Gasteiger partial charge in [0.25, 0.3) is 10.2 Å². The summed E-state index contributed by atoms with van der Waals surface area (Å²) in [4.78, 5) is 0. The molecule has 32 heavy (non-hydrogen) atoms. The largest absolute Gasteiger partial charge is 0.409 e. The fraction of sp³-hybridized carbons (Fsp3) is 0.471. The van der Waals surface area contributed by atoms with E-state index in [-0.39, 0.29) is 53.9 Å². The highest BCUT2D eigenvalue weighted by Gasteiger charge is 2.43. The van der Waals surface area contributed by atoms with Crippen molar-refractivity contribution in [1.29, 1.82) is 0 Å². The summed E-state index contributed by atoms with van der Waals surface area (Å²) in [5, 5.41) is 25.3. The summed E-state index contributed by atoms with van der Waals surface area (Å²) in [5.41, 5.74) is -1.55. The fourth-order valence-electron chi connectivity index (χ4n) is 3.07. The normalized spacial score (nSPS) is 20.1. The van der Waals surface area contributed by atoms with Crippen molar-refractivity contribution >= 4 is 43.5 Å². The van der Waals surface area contributed by atoms with Gasteiger partial charge >= 0.3 is 0 Å². The van der Waals surface area contributed by atoms with Crippen LogP contribution in [0.1, 0.15) is 26.0 Å². The van der Waals surface area contributed by atoms with Gasteiger partial charge in [-0.3, -0.25) is 0 Å². The van der Waals surface area contributed by atoms with Gasteiger partial charge in [0.1, 0.15) is 11.5 Å². The Balaban J connectivity index is 1.67. The van der Waals surface area contributed by atoms with Crippen molar-refractivity contribution in [3.05, 3.63) is 34.2 Å². The molecule has 0 bridgehead atoms. The van der Waals surface area contributed by atoms with Crippen LogP contribution in [0.5, 0.6) is 0 Å². The van der Waals surface area contributed by atoms with Gasteiger partial charge in [-0.05, 0) is 64.7 Å². The van der Waals surface area contributed by atoms with E-state index in [9.17, 15) is 18.0 Å². The third-order valence-corrected chi connectivity index (χ3v) is 6.93. The first kappa shape index (κ1) is 24.3. The van der Waals surface area contributed by atoms with Crippen LogP contribution in [0.3, 0.4) is 0 Å². The molecule has 0 aliphatic carbocycles. The second kappa shape index (κ2) is 9.64. The van der Waals surface area contributed by atoms with E-state index in [4.69, 9.17) is 0 Å². The number of hydrogen-bond acceptors (Lipinski definition) is 8. The summed E-state index contributed by atoms with van der Waals surface area (Å²) in [6.07, 6.45) is -0.0254. The van der Waals surface area contributed by atoms with Gasteiger partial charge in [-0.15, -0.1) is 0 Å². The van der Waals surface area contributed by atoms with Gasteiger partial charge in [-0.1, -0.05) is 5.16 Å². The van der Waals surface area contributed by atoms with Gasteiger partial charge < -0.3 is 15.8 Å². The number of alkyl halides is 1. The Morgan fingerprint density at radius 1 is 1.44 bits per heavy atom. The van der Waals surface area contributed by atoms with Crippen molar-refractivity contribution < 1.29 is 27.0 Å². The Morgan fingerprint density at radius 3 is 2.84 bits per heavy atom. The van der Waals surface area contributed by atoms with Gasteiger partial charge in [-0.2, -0.15) is 17.4 Å². The van der Waals surface area contributed by atoms with Crippen molar-refractivity contribution in [2.75, 3.05) is 30.3 Å². The highest BCUT2D eigenvalue weighted by Crippen LogP contribution is 2.28. The van der Waals surface area contributed by atoms with Crippen LogP contribution < -0.4 is 15.4 Å². The predicted molar refractivity (Wildman–Crippen MR) is 116 cm³/mol. The third-order valence-electron chi connectivity index (χ3n) is 4.56. The summed E-state index contributed by atoms with van der Waals surface area (Å²) in [6.45, 7) is 2.74. The second-order valence-corrected chi connectivity index (χ2v) is 10.1. The average Bonchev–Trinajstić information content (AvgIpc) is 3.34. The summed E-state index contributed by atoms with van der Waals surface area (Å²) >= 11 is 3.05. The van der Waals surface area contributed by atoms with Gasteiger partial charge in [0.2, 0.25) is 11.7 Å². The molecule has 1 atom stereocenters. The molecule has 15 heteroatoms. The zero-order valence-electron chi connectivity index (χ0n) is 17.1. The molecular formula is C17H22BrF2N7O4S. The van der Waals surface area contributed by atoms with Crippen LogP contribution in [0.15, 0.2) is 32.5 Å². The van der Waals surface area contributed by atoms with E-state index in [0.29, 0.717) is 5.69 Å². The number of anilines is 2. The Bertz CT molecular complexity index is 1100. The van der Waals surface area contributed by atoms with E-state index in [1.54, 1.807) is 13.8 Å². The lowest BCUT2D eigenvalue weighted by Crippen LogP contribution is -2.45. The van der Waals surface area contributed by atoms with Crippen LogP contribution in [0.25, 0.3) is 0 Å². The molecule has 1 unspecified atom stereocenters. The summed E-state index contributed by atoms with van der Waals surface area (Å²) in [7, 11) is -3.79. The SMILES string of the molecule is CC(C)NS(=O)(=O)N1CCC(F)(CNc2nonc2/C(=N/O)Nc2ccc(F)c(Br)c2)C1. The number of nitrogens with zero attached hydrogens (tertiary/aromatic N) is 4. The maximum atomic E-state index is 15.3. The predicted octanol–water partition coefficient (Wildman–Crippen LogP) is 2.29. The lowest BCUT2D eigenvalue weighted by atomic mass is 10.1. The van der Waals surface area contributed by atoms with E-state index in [2.05, 4.69) is 51.4 Å². The van der Waals surface area contributed by atoms with E-state index < -0.39 is 21.7 Å². The molecule has 0 saturated carbocycles. The number of amidine groups is 1. The number of halogens is 3. The molecule has 176 valence electrons. The molecule has 2 heterocycles. The third kappa shape index (κ3) is 5.70. The maximum absolute atomic E-state index is 15.3. The minimum atomic E-state index is -3.79. The van der Waals surface area contributed by atoms with Crippen molar-refractivity contribution in [1.82, 2.24) is 19.3 Å². The first-order valence-corrected chi connectivity index (χ1v) is 11.7. The molecule has 1 aliphatic heterocycles. The monoisotopic (exact) mass is 537 g/mol. The number of benzene rings is 1. The van der Waals surface area contributed by atoms with Crippen molar-refractivity contribution in [3.63, 3.8) is 0 Å². The number of aromatic nitrogens is 2. The first-order valence-electron chi connectivity index (χ1n) is 9.50. The first-order chi connectivity index (χ1) is 15.0. The van der Waals surface area contributed by atoms with Crippen LogP contribution >= 0.6 is 15.9 Å². The number of oxime groups is 1. The Morgan fingerprint density at radius 2 is 2.19 bits per heavy atom. The zero-order valence-corrected chi connectivity index (χ0v) is 19.5. The Hall–Kier alpha value is -2.36. The van der Waals surface area contributed by atoms with Crippen molar-refractivity contribution in [2.24, 2.45) is 5.16 Å². The molecule has 1 aromatic heterocycles. The number of hydrogen-bond donors (Lipinski definition) is 4. The lowest BCUT2D eigenvalue weighted by molar-refractivity contribution is 0.197. The topological polar surface area (TPSA) is 145 Å². The van der Waals surface area contributed by atoms with Gasteiger partial charge in [0.15, 0.2) is 5.69 Å². The minimum Gasteiger partial charge on any atom is -0.409 e. The lowest BCUT2D eigenvalue weighted by Gasteiger charge is -2.22. The van der Waals surface area contributed by atoms with E-state index in [1.165, 1.54) is 18.2 Å². The smallest absolute Gasteiger partial charge is 0.279 e. The Kier molecular flexibility index (Phi) is 7.32. The zero-order chi connectivity index (χ0) is 23.5. The van der Waals surface area contributed by atoms with Crippen molar-refractivity contribution in [3.8, 4) is 0 Å². The van der Waals surface area contributed by atoms with Crippen LogP contribution in [-0.4, -0.2) is 65.4 Å². The minimum absolute atomic E-state index is 0.0223. The molecule has 2 aromatic rings. The summed E-state index contributed by atoms with van der Waals surface area (Å²) < 4.78 is 61.6. The molecule has 1 aromatic carbocycles. The van der Waals surface area contributed by atoms with Crippen LogP contribution in [0.2, 0.25) is 0 Å². The van der Waals surface area contributed by atoms with Crippen LogP contribution in [0.4, 0.5) is 20.3 Å². The number of rotatable bonds is 8. The molecule has 1 aliphatic rings. The standard InChI is InChI=1S/C17H22BrF2N7O4S/c1-10(2)26-32(29,30)27-6-5-17(20,9-27)8-21-15-14(24-31-25-15)16(23-28)22-11-3-4-13(19)12(18)7-11/h3-4,7,10,26,28H,5-6,8-9H2,1-2H3,(H,21,25)(H,22,23). The number of nitrogens with one attached hydrogen (secondary N) is 3. The van der Waals surface area contributed by atoms with Gasteiger partial charge in [-0.25, -0.2) is 13.4 Å². The van der Waals surface area contributed by atoms with Crippen LogP contribution in [-0.2, 0) is 10.2 Å². The van der Waals surface area contributed by atoms with E-state index in [1.807, 2.05) is 0 Å². The molecule has 0 spiro atoms. The molecule has 1 saturated heterocycles. The van der Waals surface area contributed by atoms with Crippen LogP contribution in [0, 0.1) is 5.82 Å². The molecule has 0 radical (unpaired) electrons. The molecule has 3 rings (SSSR count). The Labute approximate surface area is 191 Å². The fourth-order valence-corrected chi connectivity index (χ4v) is 4.92. The quantitative estimate of drug-likeness (QED) is 0.174. The van der Waals surface area contributed by atoms with E-state index >= 15 is 4.39 Å². The summed E-state index contributed by atoms with van der Waals surface area (Å²) in [6, 6.07) is 3.70. The molecule has 4 N–H and O–H groups in total.